The summed E-state index contributed by atoms with van der Waals surface area (Å²) in [4.78, 5) is 11.4. The Balaban J connectivity index is 2.51. The smallest absolute Gasteiger partial charge is 0.418 e. The molecule has 0 bridgehead atoms. The first-order valence-electron chi connectivity index (χ1n) is 4.79. The second-order valence-corrected chi connectivity index (χ2v) is 3.58. The van der Waals surface area contributed by atoms with E-state index < -0.39 is 23.7 Å². The predicted molar refractivity (Wildman–Crippen MR) is 53.5 cm³/mol. The maximum atomic E-state index is 12.7. The predicted octanol–water partition coefficient (Wildman–Crippen LogP) is 1.36. The van der Waals surface area contributed by atoms with Gasteiger partial charge in [-0.3, -0.25) is 4.79 Å². The summed E-state index contributed by atoms with van der Waals surface area (Å²) in [5.74, 6) is -0.721. The number of benzene rings is 1. The van der Waals surface area contributed by atoms with Crippen molar-refractivity contribution in [3.63, 3.8) is 0 Å². The largest absolute Gasteiger partial charge is 0.489 e. The Morgan fingerprint density at radius 1 is 1.41 bits per heavy atom. The van der Waals surface area contributed by atoms with Crippen LogP contribution in [0.2, 0.25) is 0 Å². The number of halogens is 3. The van der Waals surface area contributed by atoms with Crippen LogP contribution in [-0.4, -0.2) is 18.6 Å². The van der Waals surface area contributed by atoms with Gasteiger partial charge < -0.3 is 15.8 Å². The van der Waals surface area contributed by atoms with Crippen molar-refractivity contribution in [1.82, 2.24) is 0 Å². The molecular weight excluding hydrogens is 237 g/mol. The molecule has 1 aromatic carbocycles. The molecule has 4 nitrogen and oxygen atoms in total. The quantitative estimate of drug-likeness (QED) is 0.726. The molecule has 17 heavy (non-hydrogen) atoms. The lowest BCUT2D eigenvalue weighted by Crippen LogP contribution is -2.38. The standard InChI is InChI=1S/C10H9F3N2O2/c11-10(12,13)5-2-1-3-7-8(5)15-9(16)6(14)4-17-7/h1-3,6H,4,14H2,(H,15,16)/t6-/m0/s1. The molecule has 0 saturated heterocycles. The maximum absolute atomic E-state index is 12.7. The zero-order valence-corrected chi connectivity index (χ0v) is 8.54. The highest BCUT2D eigenvalue weighted by atomic mass is 19.4. The summed E-state index contributed by atoms with van der Waals surface area (Å²) < 4.78 is 43.1. The van der Waals surface area contributed by atoms with Gasteiger partial charge in [0.25, 0.3) is 0 Å². The van der Waals surface area contributed by atoms with Crippen LogP contribution in [0.5, 0.6) is 5.75 Å². The van der Waals surface area contributed by atoms with Crippen molar-refractivity contribution in [3.8, 4) is 5.75 Å². The lowest BCUT2D eigenvalue weighted by molar-refractivity contribution is -0.137. The molecule has 0 spiro atoms. The minimum Gasteiger partial charge on any atom is -0.489 e. The number of fused-ring (bicyclic) bond motifs is 1. The van der Waals surface area contributed by atoms with Gasteiger partial charge in [-0.15, -0.1) is 0 Å². The van der Waals surface area contributed by atoms with E-state index in [4.69, 9.17) is 10.5 Å². The maximum Gasteiger partial charge on any atom is 0.418 e. The van der Waals surface area contributed by atoms with Crippen molar-refractivity contribution in [2.24, 2.45) is 5.73 Å². The van der Waals surface area contributed by atoms with Gasteiger partial charge in [0.2, 0.25) is 5.91 Å². The number of rotatable bonds is 0. The first-order chi connectivity index (χ1) is 7.89. The van der Waals surface area contributed by atoms with Crippen LogP contribution in [-0.2, 0) is 11.0 Å². The van der Waals surface area contributed by atoms with E-state index in [1.165, 1.54) is 12.1 Å². The number of para-hydroxylation sites is 1. The lowest BCUT2D eigenvalue weighted by atomic mass is 10.1. The van der Waals surface area contributed by atoms with E-state index in [0.29, 0.717) is 0 Å². The molecular formula is C10H9F3N2O2. The molecule has 0 aromatic heterocycles. The van der Waals surface area contributed by atoms with E-state index in [-0.39, 0.29) is 18.0 Å². The SMILES string of the molecule is N[C@H]1COc2cccc(C(F)(F)F)c2NC1=O. The topological polar surface area (TPSA) is 64.3 Å². The van der Waals surface area contributed by atoms with Gasteiger partial charge in [-0.25, -0.2) is 0 Å². The van der Waals surface area contributed by atoms with E-state index in [0.717, 1.165) is 6.07 Å². The van der Waals surface area contributed by atoms with Crippen molar-refractivity contribution in [2.45, 2.75) is 12.2 Å². The van der Waals surface area contributed by atoms with Crippen molar-refractivity contribution >= 4 is 11.6 Å². The van der Waals surface area contributed by atoms with Gasteiger partial charge in [-0.05, 0) is 12.1 Å². The number of hydrogen-bond donors (Lipinski definition) is 2. The van der Waals surface area contributed by atoms with Gasteiger partial charge in [0.1, 0.15) is 18.4 Å². The fourth-order valence-corrected chi connectivity index (χ4v) is 1.49. The van der Waals surface area contributed by atoms with Crippen LogP contribution in [0.1, 0.15) is 5.56 Å². The Morgan fingerprint density at radius 3 is 2.76 bits per heavy atom. The summed E-state index contributed by atoms with van der Waals surface area (Å²) in [5, 5.41) is 2.14. The Morgan fingerprint density at radius 2 is 2.12 bits per heavy atom. The third-order valence-corrected chi connectivity index (χ3v) is 2.33. The van der Waals surface area contributed by atoms with Crippen LogP contribution in [0.3, 0.4) is 0 Å². The molecule has 7 heteroatoms. The Hall–Kier alpha value is -1.76. The molecule has 0 fully saturated rings. The van der Waals surface area contributed by atoms with Gasteiger partial charge in [-0.2, -0.15) is 13.2 Å². The second kappa shape index (κ2) is 3.92. The molecule has 1 heterocycles. The van der Waals surface area contributed by atoms with Crippen LogP contribution in [0.25, 0.3) is 0 Å². The zero-order valence-electron chi connectivity index (χ0n) is 8.54. The minimum absolute atomic E-state index is 0.0267. The molecule has 1 amide bonds. The average molecular weight is 246 g/mol. The van der Waals surface area contributed by atoms with Gasteiger partial charge in [0, 0.05) is 0 Å². The van der Waals surface area contributed by atoms with Gasteiger partial charge >= 0.3 is 6.18 Å². The Labute approximate surface area is 94.5 Å². The first-order valence-corrected chi connectivity index (χ1v) is 4.79. The van der Waals surface area contributed by atoms with Crippen LogP contribution >= 0.6 is 0 Å². The molecule has 1 atom stereocenters. The van der Waals surface area contributed by atoms with E-state index in [2.05, 4.69) is 5.32 Å². The Kier molecular flexibility index (Phi) is 2.70. The summed E-state index contributed by atoms with van der Waals surface area (Å²) in [6, 6.07) is 2.45. The fourth-order valence-electron chi connectivity index (χ4n) is 1.49. The first kappa shape index (κ1) is 11.7. The lowest BCUT2D eigenvalue weighted by Gasteiger charge is -2.14. The second-order valence-electron chi connectivity index (χ2n) is 3.58. The van der Waals surface area contributed by atoms with Crippen molar-refractivity contribution in [3.05, 3.63) is 23.8 Å². The number of alkyl halides is 3. The normalized spacial score (nSPS) is 20.0. The number of ether oxygens (including phenoxy) is 1. The van der Waals surface area contributed by atoms with Gasteiger partial charge in [0.05, 0.1) is 11.3 Å². The number of nitrogens with one attached hydrogen (secondary N) is 1. The number of hydrogen-bond acceptors (Lipinski definition) is 3. The van der Waals surface area contributed by atoms with Crippen molar-refractivity contribution < 1.29 is 22.7 Å². The van der Waals surface area contributed by atoms with Gasteiger partial charge in [0.15, 0.2) is 0 Å². The van der Waals surface area contributed by atoms with E-state index in [9.17, 15) is 18.0 Å². The number of amides is 1. The summed E-state index contributed by atoms with van der Waals surface area (Å²) in [5.41, 5.74) is 4.07. The van der Waals surface area contributed by atoms with Crippen LogP contribution in [0.4, 0.5) is 18.9 Å². The van der Waals surface area contributed by atoms with Crippen molar-refractivity contribution in [1.29, 1.82) is 0 Å². The summed E-state index contributed by atoms with van der Waals surface area (Å²) in [6.45, 7) is -0.153. The summed E-state index contributed by atoms with van der Waals surface area (Å²) in [7, 11) is 0. The number of anilines is 1. The fraction of sp³-hybridized carbons (Fsp3) is 0.300. The molecule has 1 aromatic rings. The van der Waals surface area contributed by atoms with Crippen LogP contribution in [0, 0.1) is 0 Å². The zero-order chi connectivity index (χ0) is 12.6. The average Bonchev–Trinajstić information content (AvgIpc) is 2.38. The molecule has 2 rings (SSSR count). The molecule has 1 aliphatic rings. The molecule has 0 radical (unpaired) electrons. The van der Waals surface area contributed by atoms with E-state index in [1.54, 1.807) is 0 Å². The third kappa shape index (κ3) is 2.19. The molecule has 1 aliphatic heterocycles. The molecule has 92 valence electrons. The van der Waals surface area contributed by atoms with Crippen LogP contribution in [0.15, 0.2) is 18.2 Å². The highest BCUT2D eigenvalue weighted by Crippen LogP contribution is 2.40. The summed E-state index contributed by atoms with van der Waals surface area (Å²) in [6.07, 6.45) is -4.56. The molecule has 0 aliphatic carbocycles. The van der Waals surface area contributed by atoms with E-state index in [1.807, 2.05) is 0 Å². The Bertz CT molecular complexity index is 459. The number of carbonyl (C=O) groups is 1. The highest BCUT2D eigenvalue weighted by Gasteiger charge is 2.36. The number of nitrogens with two attached hydrogens (primary N) is 1. The third-order valence-electron chi connectivity index (χ3n) is 2.33. The molecule has 3 N–H and O–H groups in total. The number of carbonyl (C=O) groups excluding carboxylic acids is 1. The highest BCUT2D eigenvalue weighted by molar-refractivity contribution is 5.97. The monoisotopic (exact) mass is 246 g/mol. The molecule has 0 saturated carbocycles. The molecule has 0 unspecified atom stereocenters. The van der Waals surface area contributed by atoms with Crippen LogP contribution < -0.4 is 15.8 Å². The minimum atomic E-state index is -4.56. The van der Waals surface area contributed by atoms with Gasteiger partial charge in [-0.1, -0.05) is 6.07 Å². The van der Waals surface area contributed by atoms with E-state index >= 15 is 0 Å². The van der Waals surface area contributed by atoms with Crippen molar-refractivity contribution in [2.75, 3.05) is 11.9 Å². The summed E-state index contributed by atoms with van der Waals surface area (Å²) >= 11 is 0.